The number of rotatable bonds is 7. The number of aromatic nitrogens is 2. The van der Waals surface area contributed by atoms with Crippen molar-refractivity contribution >= 4 is 43.2 Å². The summed E-state index contributed by atoms with van der Waals surface area (Å²) >= 11 is 7.97. The van der Waals surface area contributed by atoms with Gasteiger partial charge in [0, 0.05) is 27.9 Å². The van der Waals surface area contributed by atoms with Crippen LogP contribution in [0.4, 0.5) is 0 Å². The fourth-order valence-electron chi connectivity index (χ4n) is 3.88. The van der Waals surface area contributed by atoms with Crippen molar-refractivity contribution in [2.45, 2.75) is 43.6 Å². The lowest BCUT2D eigenvalue weighted by atomic mass is 9.97. The second kappa shape index (κ2) is 8.70. The van der Waals surface area contributed by atoms with E-state index in [9.17, 15) is 13.5 Å². The van der Waals surface area contributed by atoms with Gasteiger partial charge >= 0.3 is 0 Å². The Hall–Kier alpha value is -2.36. The molecule has 0 unspecified atom stereocenters. The number of hydrogen-bond acceptors (Lipinski definition) is 6. The Balaban J connectivity index is 1.63. The van der Waals surface area contributed by atoms with Gasteiger partial charge in [0.25, 0.3) is 0 Å². The molecule has 5 rings (SSSR count). The third-order valence-electron chi connectivity index (χ3n) is 5.92. The molecule has 1 fully saturated rings. The predicted molar refractivity (Wildman–Crippen MR) is 136 cm³/mol. The molecule has 1 saturated carbocycles. The van der Waals surface area contributed by atoms with Crippen molar-refractivity contribution in [3.05, 3.63) is 82.0 Å². The lowest BCUT2D eigenvalue weighted by Crippen LogP contribution is -2.31. The number of pyridine rings is 2. The Morgan fingerprint density at radius 3 is 2.56 bits per heavy atom. The topological polar surface area (TPSA) is 92.2 Å². The van der Waals surface area contributed by atoms with Crippen molar-refractivity contribution < 1.29 is 13.5 Å². The van der Waals surface area contributed by atoms with Crippen LogP contribution in [0.25, 0.3) is 21.5 Å². The number of nitrogens with zero attached hydrogens (tertiary/aromatic N) is 2. The summed E-state index contributed by atoms with van der Waals surface area (Å²) in [7, 11) is -3.48. The van der Waals surface area contributed by atoms with Gasteiger partial charge in [-0.3, -0.25) is 9.97 Å². The monoisotopic (exact) mass is 513 g/mol. The molecule has 9 heteroatoms. The van der Waals surface area contributed by atoms with Crippen molar-refractivity contribution in [1.29, 1.82) is 0 Å². The van der Waals surface area contributed by atoms with E-state index in [1.807, 2.05) is 36.4 Å². The summed E-state index contributed by atoms with van der Waals surface area (Å²) in [5, 5.41) is 10.6. The number of benzene rings is 1. The van der Waals surface area contributed by atoms with E-state index < -0.39 is 21.7 Å². The van der Waals surface area contributed by atoms with Crippen molar-refractivity contribution in [2.75, 3.05) is 0 Å². The van der Waals surface area contributed by atoms with E-state index in [0.717, 1.165) is 26.2 Å². The minimum Gasteiger partial charge on any atom is -0.386 e. The number of sulfonamides is 1. The molecule has 0 saturated heterocycles. The Bertz CT molecular complexity index is 1470. The first-order valence-electron chi connectivity index (χ1n) is 11.0. The Kier molecular flexibility index (Phi) is 5.98. The third kappa shape index (κ3) is 4.61. The first-order chi connectivity index (χ1) is 16.1. The van der Waals surface area contributed by atoms with Crippen LogP contribution in [0.3, 0.4) is 0 Å². The van der Waals surface area contributed by atoms with Gasteiger partial charge in [0.1, 0.15) is 0 Å². The number of hydrogen-bond donors (Lipinski definition) is 2. The Morgan fingerprint density at radius 2 is 1.85 bits per heavy atom. The molecular weight excluding hydrogens is 490 g/mol. The summed E-state index contributed by atoms with van der Waals surface area (Å²) in [6, 6.07) is 14.1. The quantitative estimate of drug-likeness (QED) is 0.344. The van der Waals surface area contributed by atoms with Gasteiger partial charge < -0.3 is 5.11 Å². The molecule has 0 bridgehead atoms. The van der Waals surface area contributed by atoms with Gasteiger partial charge in [-0.1, -0.05) is 29.8 Å². The Morgan fingerprint density at radius 1 is 1.12 bits per heavy atom. The van der Waals surface area contributed by atoms with Crippen LogP contribution in [0.15, 0.2) is 60.9 Å². The van der Waals surface area contributed by atoms with Crippen LogP contribution in [0.5, 0.6) is 0 Å². The average Bonchev–Trinajstić information content (AvgIpc) is 3.57. The zero-order valence-corrected chi connectivity index (χ0v) is 21.1. The zero-order chi connectivity index (χ0) is 24.1. The maximum Gasteiger partial charge on any atom is 0.215 e. The number of halogens is 1. The number of fused-ring (bicyclic) bond motifs is 1. The molecule has 0 aliphatic heterocycles. The van der Waals surface area contributed by atoms with E-state index in [2.05, 4.69) is 14.7 Å². The summed E-state index contributed by atoms with van der Waals surface area (Å²) in [5.74, 6) is 0. The van der Waals surface area contributed by atoms with Crippen LogP contribution in [-0.2, 0) is 15.6 Å². The highest BCUT2D eigenvalue weighted by Gasteiger charge is 2.38. The van der Waals surface area contributed by atoms with Gasteiger partial charge in [-0.25, -0.2) is 13.1 Å². The first-order valence-corrected chi connectivity index (χ1v) is 13.7. The summed E-state index contributed by atoms with van der Waals surface area (Å²) in [6.07, 6.45) is 4.74. The summed E-state index contributed by atoms with van der Waals surface area (Å²) in [5.41, 5.74) is 2.79. The molecule has 1 aliphatic rings. The molecule has 2 N–H and O–H groups in total. The number of nitrogens with one attached hydrogen (secondary N) is 1. The lowest BCUT2D eigenvalue weighted by molar-refractivity contribution is 0.0785. The largest absolute Gasteiger partial charge is 0.386 e. The minimum atomic E-state index is -3.48. The molecular formula is C25H24ClN3O3S2. The van der Waals surface area contributed by atoms with Crippen LogP contribution in [0.2, 0.25) is 5.02 Å². The van der Waals surface area contributed by atoms with Gasteiger partial charge in [-0.15, -0.1) is 11.3 Å². The smallest absolute Gasteiger partial charge is 0.215 e. The van der Waals surface area contributed by atoms with E-state index >= 15 is 0 Å². The second-order valence-electron chi connectivity index (χ2n) is 9.03. The van der Waals surface area contributed by atoms with Gasteiger partial charge in [0.15, 0.2) is 0 Å². The minimum absolute atomic E-state index is 0.352. The lowest BCUT2D eigenvalue weighted by Gasteiger charge is -2.19. The van der Waals surface area contributed by atoms with Crippen molar-refractivity contribution in [1.82, 2.24) is 14.7 Å². The van der Waals surface area contributed by atoms with Crippen molar-refractivity contribution in [3.63, 3.8) is 0 Å². The molecule has 6 nitrogen and oxygen atoms in total. The number of aliphatic hydroxyl groups is 1. The predicted octanol–water partition coefficient (Wildman–Crippen LogP) is 5.41. The molecule has 0 spiro atoms. The standard InChI is InChI=1S/C25H24ClN3O3S2/c1-25(2,30)15-9-11-27-20(13-15)18-10-12-28-21-14-22(33-24(18)21)23(17-5-3-4-6-19(17)26)29-34(31,32)16-7-8-16/h3-6,9-14,16,23,29-30H,7-8H2,1-2H3/t23-/m0/s1. The normalized spacial score (nSPS) is 15.5. The molecule has 34 heavy (non-hydrogen) atoms. The van der Waals surface area contributed by atoms with Crippen molar-refractivity contribution in [2.24, 2.45) is 0 Å². The highest BCUT2D eigenvalue weighted by Crippen LogP contribution is 2.40. The van der Waals surface area contributed by atoms with Crippen LogP contribution < -0.4 is 4.72 Å². The molecule has 3 aromatic heterocycles. The van der Waals surface area contributed by atoms with Crippen LogP contribution >= 0.6 is 22.9 Å². The van der Waals surface area contributed by atoms with E-state index in [-0.39, 0.29) is 5.25 Å². The van der Waals surface area contributed by atoms with E-state index in [4.69, 9.17) is 11.6 Å². The fourth-order valence-corrected chi connectivity index (χ4v) is 6.94. The van der Waals surface area contributed by atoms with E-state index in [1.165, 1.54) is 11.3 Å². The van der Waals surface area contributed by atoms with Gasteiger partial charge in [0.05, 0.1) is 32.8 Å². The molecule has 1 aliphatic carbocycles. The van der Waals surface area contributed by atoms with Gasteiger partial charge in [0.2, 0.25) is 10.0 Å². The zero-order valence-electron chi connectivity index (χ0n) is 18.7. The van der Waals surface area contributed by atoms with Crippen LogP contribution in [0, 0.1) is 0 Å². The molecule has 0 amide bonds. The number of thiophene rings is 1. The fraction of sp³-hybridized carbons (Fsp3) is 0.280. The van der Waals surface area contributed by atoms with Crippen LogP contribution in [-0.4, -0.2) is 28.7 Å². The van der Waals surface area contributed by atoms with E-state index in [1.54, 1.807) is 38.4 Å². The third-order valence-corrected chi connectivity index (χ3v) is 9.40. The van der Waals surface area contributed by atoms with Gasteiger partial charge in [-0.2, -0.15) is 0 Å². The molecule has 1 atom stereocenters. The highest BCUT2D eigenvalue weighted by molar-refractivity contribution is 7.90. The van der Waals surface area contributed by atoms with E-state index in [0.29, 0.717) is 29.1 Å². The average molecular weight is 514 g/mol. The highest BCUT2D eigenvalue weighted by atomic mass is 35.5. The Labute approximate surface area is 207 Å². The van der Waals surface area contributed by atoms with Gasteiger partial charge in [-0.05, 0) is 68.1 Å². The molecule has 1 aromatic carbocycles. The molecule has 4 aromatic rings. The summed E-state index contributed by atoms with van der Waals surface area (Å²) in [6.45, 7) is 3.47. The molecule has 176 valence electrons. The SMILES string of the molecule is CC(C)(O)c1ccnc(-c2ccnc3cc([C@@H](NS(=O)(=O)C4CC4)c4ccccc4Cl)sc23)c1. The van der Waals surface area contributed by atoms with Crippen molar-refractivity contribution in [3.8, 4) is 11.3 Å². The molecule has 0 radical (unpaired) electrons. The van der Waals surface area contributed by atoms with Crippen LogP contribution in [0.1, 0.15) is 48.7 Å². The summed E-state index contributed by atoms with van der Waals surface area (Å²) in [4.78, 5) is 9.85. The second-order valence-corrected chi connectivity index (χ2v) is 12.5. The first kappa shape index (κ1) is 23.4. The molecule has 3 heterocycles. The summed E-state index contributed by atoms with van der Waals surface area (Å²) < 4.78 is 29.6. The maximum absolute atomic E-state index is 12.9. The maximum atomic E-state index is 12.9.